The van der Waals surface area contributed by atoms with Crippen LogP contribution in [-0.4, -0.2) is 9.97 Å². The monoisotopic (exact) mass is 249 g/mol. The van der Waals surface area contributed by atoms with Crippen molar-refractivity contribution in [2.45, 2.75) is 12.5 Å². The molecule has 1 atom stereocenters. The SMILES string of the molecule is NC(Cc1ncnc2ccccc12)c1ccccc1. The summed E-state index contributed by atoms with van der Waals surface area (Å²) in [5, 5.41) is 1.08. The van der Waals surface area contributed by atoms with Crippen molar-refractivity contribution in [3.63, 3.8) is 0 Å². The molecule has 19 heavy (non-hydrogen) atoms. The first-order chi connectivity index (χ1) is 9.34. The Hall–Kier alpha value is -2.26. The van der Waals surface area contributed by atoms with Gasteiger partial charge in [-0.2, -0.15) is 0 Å². The van der Waals surface area contributed by atoms with Crippen LogP contribution in [0.3, 0.4) is 0 Å². The molecule has 0 radical (unpaired) electrons. The predicted octanol–water partition coefficient (Wildman–Crippen LogP) is 2.87. The van der Waals surface area contributed by atoms with Crippen molar-refractivity contribution in [1.29, 1.82) is 0 Å². The molecule has 0 saturated carbocycles. The average Bonchev–Trinajstić information content (AvgIpc) is 2.48. The Kier molecular flexibility index (Phi) is 3.21. The summed E-state index contributed by atoms with van der Waals surface area (Å²) < 4.78 is 0. The number of nitrogens with zero attached hydrogens (tertiary/aromatic N) is 2. The Morgan fingerprint density at radius 1 is 0.895 bits per heavy atom. The van der Waals surface area contributed by atoms with Crippen LogP contribution < -0.4 is 5.73 Å². The van der Waals surface area contributed by atoms with E-state index in [1.807, 2.05) is 54.6 Å². The van der Waals surface area contributed by atoms with Gasteiger partial charge in [0.25, 0.3) is 0 Å². The maximum Gasteiger partial charge on any atom is 0.116 e. The summed E-state index contributed by atoms with van der Waals surface area (Å²) >= 11 is 0. The van der Waals surface area contributed by atoms with Crippen LogP contribution in [0.25, 0.3) is 10.9 Å². The molecular weight excluding hydrogens is 234 g/mol. The third kappa shape index (κ3) is 2.46. The predicted molar refractivity (Wildman–Crippen MR) is 76.6 cm³/mol. The summed E-state index contributed by atoms with van der Waals surface area (Å²) in [7, 11) is 0. The van der Waals surface area contributed by atoms with Crippen molar-refractivity contribution in [3.8, 4) is 0 Å². The van der Waals surface area contributed by atoms with E-state index in [1.54, 1.807) is 6.33 Å². The number of nitrogens with two attached hydrogens (primary N) is 1. The standard InChI is InChI=1S/C16H15N3/c17-14(12-6-2-1-3-7-12)10-16-13-8-4-5-9-15(13)18-11-19-16/h1-9,11,14H,10,17H2. The van der Waals surface area contributed by atoms with Gasteiger partial charge in [0, 0.05) is 17.8 Å². The highest BCUT2D eigenvalue weighted by Gasteiger charge is 2.10. The van der Waals surface area contributed by atoms with Gasteiger partial charge in [-0.1, -0.05) is 48.5 Å². The molecule has 3 heteroatoms. The van der Waals surface area contributed by atoms with Crippen LogP contribution in [0.2, 0.25) is 0 Å². The van der Waals surface area contributed by atoms with E-state index in [0.717, 1.165) is 22.2 Å². The quantitative estimate of drug-likeness (QED) is 0.776. The topological polar surface area (TPSA) is 51.8 Å². The van der Waals surface area contributed by atoms with Crippen LogP contribution in [0.5, 0.6) is 0 Å². The van der Waals surface area contributed by atoms with Gasteiger partial charge in [0.05, 0.1) is 11.2 Å². The summed E-state index contributed by atoms with van der Waals surface area (Å²) in [6.07, 6.45) is 2.32. The number of benzene rings is 2. The number of fused-ring (bicyclic) bond motifs is 1. The van der Waals surface area contributed by atoms with E-state index in [-0.39, 0.29) is 6.04 Å². The van der Waals surface area contributed by atoms with Gasteiger partial charge in [0.15, 0.2) is 0 Å². The second-order valence-electron chi connectivity index (χ2n) is 4.56. The molecule has 3 aromatic rings. The van der Waals surface area contributed by atoms with Crippen molar-refractivity contribution >= 4 is 10.9 Å². The minimum Gasteiger partial charge on any atom is -0.324 e. The number of aromatic nitrogens is 2. The first-order valence-corrected chi connectivity index (χ1v) is 6.34. The maximum absolute atomic E-state index is 6.26. The molecule has 2 N–H and O–H groups in total. The minimum atomic E-state index is -0.0421. The Balaban J connectivity index is 1.94. The average molecular weight is 249 g/mol. The van der Waals surface area contributed by atoms with Crippen LogP contribution in [0.1, 0.15) is 17.3 Å². The van der Waals surface area contributed by atoms with E-state index >= 15 is 0 Å². The van der Waals surface area contributed by atoms with Gasteiger partial charge in [0.1, 0.15) is 6.33 Å². The summed E-state index contributed by atoms with van der Waals surface area (Å²) in [4.78, 5) is 8.65. The zero-order chi connectivity index (χ0) is 13.1. The third-order valence-electron chi connectivity index (χ3n) is 3.27. The summed E-state index contributed by atoms with van der Waals surface area (Å²) in [5.74, 6) is 0. The Bertz CT molecular complexity index is 674. The third-order valence-corrected chi connectivity index (χ3v) is 3.27. The van der Waals surface area contributed by atoms with E-state index in [2.05, 4.69) is 9.97 Å². The highest BCUT2D eigenvalue weighted by atomic mass is 14.8. The Labute approximate surface area is 112 Å². The highest BCUT2D eigenvalue weighted by molar-refractivity contribution is 5.80. The summed E-state index contributed by atoms with van der Waals surface area (Å²) in [6.45, 7) is 0. The van der Waals surface area contributed by atoms with Gasteiger partial charge in [-0.15, -0.1) is 0 Å². The molecule has 0 aliphatic carbocycles. The fourth-order valence-corrected chi connectivity index (χ4v) is 2.25. The minimum absolute atomic E-state index is 0.0421. The molecule has 1 heterocycles. The largest absolute Gasteiger partial charge is 0.324 e. The molecule has 3 rings (SSSR count). The number of para-hydroxylation sites is 1. The molecule has 0 aliphatic rings. The molecule has 0 aliphatic heterocycles. The number of hydrogen-bond donors (Lipinski definition) is 1. The van der Waals surface area contributed by atoms with Crippen LogP contribution in [0.15, 0.2) is 60.9 Å². The molecule has 0 bridgehead atoms. The van der Waals surface area contributed by atoms with Gasteiger partial charge in [0.2, 0.25) is 0 Å². The van der Waals surface area contributed by atoms with Crippen molar-refractivity contribution in [3.05, 3.63) is 72.2 Å². The Morgan fingerprint density at radius 3 is 2.47 bits per heavy atom. The molecule has 0 saturated heterocycles. The fourth-order valence-electron chi connectivity index (χ4n) is 2.25. The molecule has 1 aromatic heterocycles. The van der Waals surface area contributed by atoms with Crippen LogP contribution in [-0.2, 0) is 6.42 Å². The lowest BCUT2D eigenvalue weighted by Crippen LogP contribution is -2.14. The Morgan fingerprint density at radius 2 is 1.63 bits per heavy atom. The van der Waals surface area contributed by atoms with E-state index in [4.69, 9.17) is 5.73 Å². The zero-order valence-corrected chi connectivity index (χ0v) is 10.5. The second-order valence-corrected chi connectivity index (χ2v) is 4.56. The van der Waals surface area contributed by atoms with Crippen LogP contribution >= 0.6 is 0 Å². The van der Waals surface area contributed by atoms with E-state index in [0.29, 0.717) is 6.42 Å². The van der Waals surface area contributed by atoms with Gasteiger partial charge in [-0.3, -0.25) is 0 Å². The van der Waals surface area contributed by atoms with Gasteiger partial charge in [-0.25, -0.2) is 9.97 Å². The molecule has 1 unspecified atom stereocenters. The molecule has 3 nitrogen and oxygen atoms in total. The molecule has 0 fully saturated rings. The molecule has 0 amide bonds. The first-order valence-electron chi connectivity index (χ1n) is 6.34. The normalized spacial score (nSPS) is 12.5. The van der Waals surface area contributed by atoms with E-state index in [1.165, 1.54) is 0 Å². The van der Waals surface area contributed by atoms with Crippen LogP contribution in [0.4, 0.5) is 0 Å². The molecular formula is C16H15N3. The van der Waals surface area contributed by atoms with E-state index < -0.39 is 0 Å². The maximum atomic E-state index is 6.26. The second kappa shape index (κ2) is 5.16. The fraction of sp³-hybridized carbons (Fsp3) is 0.125. The first kappa shape index (κ1) is 11.8. The van der Waals surface area contributed by atoms with E-state index in [9.17, 15) is 0 Å². The molecule has 94 valence electrons. The van der Waals surface area contributed by atoms with Crippen molar-refractivity contribution < 1.29 is 0 Å². The van der Waals surface area contributed by atoms with Gasteiger partial charge in [-0.05, 0) is 11.6 Å². The summed E-state index contributed by atoms with van der Waals surface area (Å²) in [5.41, 5.74) is 9.35. The van der Waals surface area contributed by atoms with Crippen molar-refractivity contribution in [2.75, 3.05) is 0 Å². The van der Waals surface area contributed by atoms with Crippen LogP contribution in [0, 0.1) is 0 Å². The highest BCUT2D eigenvalue weighted by Crippen LogP contribution is 2.20. The number of rotatable bonds is 3. The number of hydrogen-bond acceptors (Lipinski definition) is 3. The zero-order valence-electron chi connectivity index (χ0n) is 10.5. The lowest BCUT2D eigenvalue weighted by atomic mass is 10.0. The lowest BCUT2D eigenvalue weighted by molar-refractivity contribution is 0.710. The van der Waals surface area contributed by atoms with Gasteiger partial charge >= 0.3 is 0 Å². The van der Waals surface area contributed by atoms with Gasteiger partial charge < -0.3 is 5.73 Å². The lowest BCUT2D eigenvalue weighted by Gasteiger charge is -2.12. The molecule has 2 aromatic carbocycles. The van der Waals surface area contributed by atoms with Crippen molar-refractivity contribution in [1.82, 2.24) is 9.97 Å². The van der Waals surface area contributed by atoms with Crippen molar-refractivity contribution in [2.24, 2.45) is 5.73 Å². The summed E-state index contributed by atoms with van der Waals surface area (Å²) in [6, 6.07) is 18.1. The smallest absolute Gasteiger partial charge is 0.116 e. The molecule has 0 spiro atoms.